The molecule has 3 N–H and O–H groups in total. The van der Waals surface area contributed by atoms with E-state index in [0.717, 1.165) is 6.42 Å². The SMILES string of the molecule is CCC(CN)CC(=O)N(CCO)C1CCS(=O)(=O)C1. The van der Waals surface area contributed by atoms with Crippen LogP contribution in [0.3, 0.4) is 0 Å². The molecule has 6 nitrogen and oxygen atoms in total. The Morgan fingerprint density at radius 1 is 1.53 bits per heavy atom. The first-order valence-corrected chi connectivity index (χ1v) is 8.56. The summed E-state index contributed by atoms with van der Waals surface area (Å²) < 4.78 is 23.0. The minimum Gasteiger partial charge on any atom is -0.395 e. The molecule has 0 aromatic rings. The first-order valence-electron chi connectivity index (χ1n) is 6.74. The summed E-state index contributed by atoms with van der Waals surface area (Å²) in [5, 5.41) is 9.06. The molecule has 0 aromatic heterocycles. The normalized spacial score (nSPS) is 23.2. The van der Waals surface area contributed by atoms with E-state index in [0.29, 0.717) is 19.4 Å². The van der Waals surface area contributed by atoms with Crippen LogP contribution in [0.5, 0.6) is 0 Å². The average Bonchev–Trinajstić information content (AvgIpc) is 2.72. The van der Waals surface area contributed by atoms with E-state index in [9.17, 15) is 13.2 Å². The second kappa shape index (κ2) is 7.21. The highest BCUT2D eigenvalue weighted by Gasteiger charge is 2.34. The Morgan fingerprint density at radius 3 is 2.63 bits per heavy atom. The lowest BCUT2D eigenvalue weighted by Gasteiger charge is -2.29. The number of carbonyl (C=O) groups is 1. The van der Waals surface area contributed by atoms with Gasteiger partial charge in [-0.2, -0.15) is 0 Å². The molecular formula is C12H24N2O4S. The van der Waals surface area contributed by atoms with Crippen molar-refractivity contribution in [3.63, 3.8) is 0 Å². The van der Waals surface area contributed by atoms with Crippen molar-refractivity contribution in [1.82, 2.24) is 4.90 Å². The van der Waals surface area contributed by atoms with E-state index in [1.54, 1.807) is 0 Å². The van der Waals surface area contributed by atoms with Crippen molar-refractivity contribution in [2.24, 2.45) is 11.7 Å². The van der Waals surface area contributed by atoms with Gasteiger partial charge in [0.1, 0.15) is 0 Å². The highest BCUT2D eigenvalue weighted by Crippen LogP contribution is 2.20. The predicted octanol–water partition coefficient (Wildman–Crippen LogP) is -0.631. The molecule has 1 amide bonds. The Morgan fingerprint density at radius 2 is 2.21 bits per heavy atom. The van der Waals surface area contributed by atoms with Gasteiger partial charge in [-0.3, -0.25) is 4.79 Å². The van der Waals surface area contributed by atoms with Gasteiger partial charge in [0.25, 0.3) is 0 Å². The van der Waals surface area contributed by atoms with Crippen molar-refractivity contribution in [2.45, 2.75) is 32.2 Å². The van der Waals surface area contributed by atoms with Gasteiger partial charge in [-0.05, 0) is 18.9 Å². The molecule has 0 spiro atoms. The molecule has 1 heterocycles. The van der Waals surface area contributed by atoms with Crippen LogP contribution in [0, 0.1) is 5.92 Å². The molecule has 0 saturated carbocycles. The Bertz CT molecular complexity index is 393. The minimum atomic E-state index is -3.03. The molecule has 2 unspecified atom stereocenters. The van der Waals surface area contributed by atoms with Gasteiger partial charge in [0.05, 0.1) is 18.1 Å². The lowest BCUT2D eigenvalue weighted by Crippen LogP contribution is -2.43. The van der Waals surface area contributed by atoms with E-state index >= 15 is 0 Å². The van der Waals surface area contributed by atoms with Gasteiger partial charge >= 0.3 is 0 Å². The lowest BCUT2D eigenvalue weighted by atomic mass is 10.0. The summed E-state index contributed by atoms with van der Waals surface area (Å²) in [5.74, 6) is 0.152. The second-order valence-corrected chi connectivity index (χ2v) is 7.31. The number of carbonyl (C=O) groups excluding carboxylic acids is 1. The van der Waals surface area contributed by atoms with Gasteiger partial charge in [0.15, 0.2) is 9.84 Å². The molecule has 0 aliphatic carbocycles. The third-order valence-electron chi connectivity index (χ3n) is 3.68. The van der Waals surface area contributed by atoms with E-state index in [1.807, 2.05) is 6.92 Å². The van der Waals surface area contributed by atoms with Crippen molar-refractivity contribution in [3.8, 4) is 0 Å². The van der Waals surface area contributed by atoms with Crippen LogP contribution in [-0.4, -0.2) is 61.6 Å². The predicted molar refractivity (Wildman–Crippen MR) is 73.3 cm³/mol. The number of rotatable bonds is 7. The highest BCUT2D eigenvalue weighted by atomic mass is 32.2. The zero-order chi connectivity index (χ0) is 14.5. The van der Waals surface area contributed by atoms with Gasteiger partial charge in [-0.1, -0.05) is 13.3 Å². The third kappa shape index (κ3) is 4.74. The molecular weight excluding hydrogens is 268 g/mol. The smallest absolute Gasteiger partial charge is 0.223 e. The topological polar surface area (TPSA) is 101 Å². The van der Waals surface area contributed by atoms with Gasteiger partial charge in [0.2, 0.25) is 5.91 Å². The quantitative estimate of drug-likeness (QED) is 0.650. The van der Waals surface area contributed by atoms with Gasteiger partial charge in [0, 0.05) is 19.0 Å². The van der Waals surface area contributed by atoms with Crippen LogP contribution in [0.15, 0.2) is 0 Å². The van der Waals surface area contributed by atoms with Crippen LogP contribution >= 0.6 is 0 Å². The fraction of sp³-hybridized carbons (Fsp3) is 0.917. The molecule has 0 bridgehead atoms. The van der Waals surface area contributed by atoms with Crippen LogP contribution < -0.4 is 5.73 Å². The van der Waals surface area contributed by atoms with E-state index < -0.39 is 9.84 Å². The molecule has 19 heavy (non-hydrogen) atoms. The van der Waals surface area contributed by atoms with Crippen molar-refractivity contribution in [3.05, 3.63) is 0 Å². The van der Waals surface area contributed by atoms with Crippen molar-refractivity contribution >= 4 is 15.7 Å². The number of aliphatic hydroxyl groups is 1. The number of amides is 1. The largest absolute Gasteiger partial charge is 0.395 e. The number of hydrogen-bond acceptors (Lipinski definition) is 5. The number of nitrogens with two attached hydrogens (primary N) is 1. The fourth-order valence-electron chi connectivity index (χ4n) is 2.40. The molecule has 1 rings (SSSR count). The van der Waals surface area contributed by atoms with Crippen LogP contribution in [0.2, 0.25) is 0 Å². The van der Waals surface area contributed by atoms with Crippen molar-refractivity contribution < 1.29 is 18.3 Å². The maximum absolute atomic E-state index is 12.2. The third-order valence-corrected chi connectivity index (χ3v) is 5.43. The number of nitrogens with zero attached hydrogens (tertiary/aromatic N) is 1. The van der Waals surface area contributed by atoms with Crippen molar-refractivity contribution in [2.75, 3.05) is 31.2 Å². The Labute approximate surface area is 114 Å². The zero-order valence-electron chi connectivity index (χ0n) is 11.4. The minimum absolute atomic E-state index is 0.0121. The first kappa shape index (κ1) is 16.4. The van der Waals surface area contributed by atoms with E-state index in [-0.39, 0.29) is 42.5 Å². The second-order valence-electron chi connectivity index (χ2n) is 5.08. The molecule has 0 aromatic carbocycles. The molecule has 0 radical (unpaired) electrons. The zero-order valence-corrected chi connectivity index (χ0v) is 12.2. The Kier molecular flexibility index (Phi) is 6.22. The van der Waals surface area contributed by atoms with Crippen molar-refractivity contribution in [1.29, 1.82) is 0 Å². The summed E-state index contributed by atoms with van der Waals surface area (Å²) in [6, 6.07) is -0.292. The van der Waals surface area contributed by atoms with Crippen LogP contribution in [0.25, 0.3) is 0 Å². The molecule has 1 aliphatic heterocycles. The number of hydrogen-bond donors (Lipinski definition) is 2. The van der Waals surface area contributed by atoms with Gasteiger partial charge in [-0.25, -0.2) is 8.42 Å². The van der Waals surface area contributed by atoms with Gasteiger partial charge < -0.3 is 15.7 Å². The lowest BCUT2D eigenvalue weighted by molar-refractivity contribution is -0.134. The fourth-order valence-corrected chi connectivity index (χ4v) is 4.13. The highest BCUT2D eigenvalue weighted by molar-refractivity contribution is 7.91. The maximum atomic E-state index is 12.2. The van der Waals surface area contributed by atoms with E-state index in [2.05, 4.69) is 0 Å². The molecule has 7 heteroatoms. The molecule has 2 atom stereocenters. The average molecular weight is 292 g/mol. The molecule has 1 saturated heterocycles. The van der Waals surface area contributed by atoms with Crippen LogP contribution in [0.4, 0.5) is 0 Å². The summed E-state index contributed by atoms with van der Waals surface area (Å²) >= 11 is 0. The van der Waals surface area contributed by atoms with Crippen LogP contribution in [-0.2, 0) is 14.6 Å². The summed E-state index contributed by atoms with van der Waals surface area (Å²) in [6.07, 6.45) is 1.61. The Balaban J connectivity index is 2.69. The van der Waals surface area contributed by atoms with E-state index in [1.165, 1.54) is 4.90 Å². The maximum Gasteiger partial charge on any atom is 0.223 e. The summed E-state index contributed by atoms with van der Waals surface area (Å²) in [4.78, 5) is 13.7. The number of aliphatic hydroxyl groups excluding tert-OH is 1. The summed E-state index contributed by atoms with van der Waals surface area (Å²) in [6.45, 7) is 2.46. The van der Waals surface area contributed by atoms with Crippen LogP contribution in [0.1, 0.15) is 26.2 Å². The number of sulfone groups is 1. The molecule has 112 valence electrons. The Hall–Kier alpha value is -0.660. The summed E-state index contributed by atoms with van der Waals surface area (Å²) in [5.41, 5.74) is 5.59. The molecule has 1 aliphatic rings. The first-order chi connectivity index (χ1) is 8.93. The summed E-state index contributed by atoms with van der Waals surface area (Å²) in [7, 11) is -3.03. The standard InChI is InChI=1S/C12H24N2O4S/c1-2-10(8-13)7-12(16)14(4-5-15)11-3-6-19(17,18)9-11/h10-11,15H,2-9,13H2,1H3. The van der Waals surface area contributed by atoms with E-state index in [4.69, 9.17) is 10.8 Å². The van der Waals surface area contributed by atoms with Gasteiger partial charge in [-0.15, -0.1) is 0 Å². The molecule has 1 fully saturated rings. The monoisotopic (exact) mass is 292 g/mol.